The maximum atomic E-state index is 12.6. The first kappa shape index (κ1) is 19.8. The minimum atomic E-state index is -0.116. The lowest BCUT2D eigenvalue weighted by Gasteiger charge is -1.97. The number of hydrogen-bond donors (Lipinski definition) is 1. The first-order valence-corrected chi connectivity index (χ1v) is 7.39. The van der Waals surface area contributed by atoms with Crippen LogP contribution in [0.15, 0.2) is 59.9 Å². The van der Waals surface area contributed by atoms with Crippen LogP contribution < -0.4 is 5.32 Å². The molecule has 0 fully saturated rings. The van der Waals surface area contributed by atoms with Crippen LogP contribution >= 0.6 is 0 Å². The molecule has 0 atom stereocenters. The molecule has 0 aliphatic carbocycles. The second-order valence-corrected chi connectivity index (χ2v) is 4.87. The number of halogens is 1. The van der Waals surface area contributed by atoms with Gasteiger partial charge in [-0.25, -0.2) is 4.39 Å². The monoisotopic (exact) mass is 302 g/mol. The predicted molar refractivity (Wildman–Crippen MR) is 95.8 cm³/mol. The van der Waals surface area contributed by atoms with Gasteiger partial charge in [-0.3, -0.25) is 4.99 Å². The highest BCUT2D eigenvalue weighted by atomic mass is 19.1. The van der Waals surface area contributed by atoms with Gasteiger partial charge in [-0.15, -0.1) is 0 Å². The molecule has 0 radical (unpaired) electrons. The molecule has 1 aromatic rings. The molecule has 0 bridgehead atoms. The van der Waals surface area contributed by atoms with Gasteiger partial charge in [-0.2, -0.15) is 0 Å². The lowest BCUT2D eigenvalue weighted by Crippen LogP contribution is -2.02. The Hall–Kier alpha value is -2.16. The fraction of sp³-hybridized carbons (Fsp3) is 0.316. The van der Waals surface area contributed by atoms with Crippen LogP contribution in [0, 0.1) is 19.7 Å². The molecule has 1 rings (SSSR count). The van der Waals surface area contributed by atoms with E-state index >= 15 is 0 Å². The molecule has 0 amide bonds. The Kier molecular flexibility index (Phi) is 10.4. The SMILES string of the molecule is C=C(/C=C\NCC)C(C)=N/C=C\C.Cc1ccc(C)c(F)c1. The topological polar surface area (TPSA) is 24.4 Å². The van der Waals surface area contributed by atoms with Crippen molar-refractivity contribution in [1.29, 1.82) is 0 Å². The summed E-state index contributed by atoms with van der Waals surface area (Å²) in [4.78, 5) is 4.18. The quantitative estimate of drug-likeness (QED) is 0.593. The van der Waals surface area contributed by atoms with Crippen molar-refractivity contribution in [3.05, 3.63) is 71.8 Å². The van der Waals surface area contributed by atoms with Crippen molar-refractivity contribution in [2.45, 2.75) is 34.6 Å². The van der Waals surface area contributed by atoms with E-state index in [1.165, 1.54) is 6.07 Å². The number of aryl methyl sites for hydroxylation is 2. The Morgan fingerprint density at radius 2 is 2.05 bits per heavy atom. The molecule has 0 saturated heterocycles. The van der Waals surface area contributed by atoms with Crippen LogP contribution in [0.2, 0.25) is 0 Å². The third-order valence-corrected chi connectivity index (χ3v) is 2.82. The summed E-state index contributed by atoms with van der Waals surface area (Å²) >= 11 is 0. The van der Waals surface area contributed by atoms with Gasteiger partial charge in [0.25, 0.3) is 0 Å². The number of allylic oxidation sites excluding steroid dienone is 3. The number of nitrogens with one attached hydrogen (secondary N) is 1. The zero-order chi connectivity index (χ0) is 17.0. The van der Waals surface area contributed by atoms with Crippen LogP contribution in [-0.4, -0.2) is 12.3 Å². The molecule has 3 heteroatoms. The van der Waals surface area contributed by atoms with Gasteiger partial charge in [0.05, 0.1) is 0 Å². The van der Waals surface area contributed by atoms with E-state index in [1.807, 2.05) is 52.1 Å². The van der Waals surface area contributed by atoms with Crippen LogP contribution in [0.3, 0.4) is 0 Å². The normalized spacial score (nSPS) is 11.5. The second kappa shape index (κ2) is 11.5. The van der Waals surface area contributed by atoms with Gasteiger partial charge in [-0.1, -0.05) is 24.8 Å². The first-order valence-electron chi connectivity index (χ1n) is 7.39. The van der Waals surface area contributed by atoms with Gasteiger partial charge in [0.15, 0.2) is 0 Å². The average molecular weight is 302 g/mol. The number of rotatable bonds is 5. The summed E-state index contributed by atoms with van der Waals surface area (Å²) in [5, 5.41) is 3.08. The fourth-order valence-corrected chi connectivity index (χ4v) is 1.37. The van der Waals surface area contributed by atoms with E-state index in [9.17, 15) is 4.39 Å². The maximum absolute atomic E-state index is 12.6. The lowest BCUT2D eigenvalue weighted by molar-refractivity contribution is 0.617. The van der Waals surface area contributed by atoms with E-state index in [0.717, 1.165) is 23.4 Å². The zero-order valence-electron chi connectivity index (χ0n) is 14.3. The highest BCUT2D eigenvalue weighted by Gasteiger charge is 1.93. The zero-order valence-corrected chi connectivity index (χ0v) is 14.3. The van der Waals surface area contributed by atoms with Gasteiger partial charge in [-0.05, 0) is 69.7 Å². The Morgan fingerprint density at radius 3 is 2.55 bits per heavy atom. The summed E-state index contributed by atoms with van der Waals surface area (Å²) in [6.45, 7) is 14.4. The molecular weight excluding hydrogens is 275 g/mol. The Labute approximate surface area is 134 Å². The van der Waals surface area contributed by atoms with Gasteiger partial charge in [0.2, 0.25) is 0 Å². The van der Waals surface area contributed by atoms with Crippen molar-refractivity contribution in [3.8, 4) is 0 Å². The van der Waals surface area contributed by atoms with E-state index in [4.69, 9.17) is 0 Å². The first-order chi connectivity index (χ1) is 10.4. The highest BCUT2D eigenvalue weighted by molar-refractivity contribution is 6.00. The molecule has 0 aliphatic heterocycles. The minimum Gasteiger partial charge on any atom is -0.391 e. The van der Waals surface area contributed by atoms with E-state index in [2.05, 4.69) is 16.9 Å². The number of benzene rings is 1. The largest absolute Gasteiger partial charge is 0.391 e. The van der Waals surface area contributed by atoms with Gasteiger partial charge < -0.3 is 5.32 Å². The van der Waals surface area contributed by atoms with Crippen molar-refractivity contribution in [1.82, 2.24) is 5.32 Å². The third kappa shape index (κ3) is 8.90. The molecule has 120 valence electrons. The van der Waals surface area contributed by atoms with Crippen LogP contribution in [0.1, 0.15) is 31.9 Å². The molecule has 0 aliphatic rings. The Balaban J connectivity index is 0.000000425. The third-order valence-electron chi connectivity index (χ3n) is 2.82. The minimum absolute atomic E-state index is 0.116. The Bertz CT molecular complexity index is 555. The molecule has 0 aromatic heterocycles. The molecule has 0 unspecified atom stereocenters. The fourth-order valence-electron chi connectivity index (χ4n) is 1.37. The average Bonchev–Trinajstić information content (AvgIpc) is 2.49. The number of nitrogens with zero attached hydrogens (tertiary/aromatic N) is 1. The molecule has 0 saturated carbocycles. The van der Waals surface area contributed by atoms with Gasteiger partial charge in [0.1, 0.15) is 5.82 Å². The summed E-state index contributed by atoms with van der Waals surface area (Å²) in [5.74, 6) is -0.116. The molecule has 1 N–H and O–H groups in total. The second-order valence-electron chi connectivity index (χ2n) is 4.87. The van der Waals surface area contributed by atoms with E-state index in [0.29, 0.717) is 5.56 Å². The summed E-state index contributed by atoms with van der Waals surface area (Å²) in [6, 6.07) is 5.22. The smallest absolute Gasteiger partial charge is 0.126 e. The molecule has 0 heterocycles. The lowest BCUT2D eigenvalue weighted by atomic mass is 10.2. The van der Waals surface area contributed by atoms with E-state index in [-0.39, 0.29) is 5.82 Å². The Morgan fingerprint density at radius 1 is 1.36 bits per heavy atom. The van der Waals surface area contributed by atoms with E-state index in [1.54, 1.807) is 19.2 Å². The highest BCUT2D eigenvalue weighted by Crippen LogP contribution is 2.06. The molecular formula is C19H27FN2. The molecule has 0 spiro atoms. The van der Waals surface area contributed by atoms with Crippen molar-refractivity contribution >= 4 is 5.71 Å². The molecule has 2 nitrogen and oxygen atoms in total. The van der Waals surface area contributed by atoms with Crippen molar-refractivity contribution < 1.29 is 4.39 Å². The molecule has 1 aromatic carbocycles. The van der Waals surface area contributed by atoms with Gasteiger partial charge in [0, 0.05) is 18.5 Å². The number of hydrogen-bond acceptors (Lipinski definition) is 2. The van der Waals surface area contributed by atoms with Crippen LogP contribution in [0.4, 0.5) is 4.39 Å². The van der Waals surface area contributed by atoms with Crippen molar-refractivity contribution in [2.24, 2.45) is 4.99 Å². The van der Waals surface area contributed by atoms with Crippen LogP contribution in [-0.2, 0) is 0 Å². The van der Waals surface area contributed by atoms with Crippen molar-refractivity contribution in [3.63, 3.8) is 0 Å². The number of aliphatic imine (C=N–C) groups is 1. The summed E-state index contributed by atoms with van der Waals surface area (Å²) in [5.41, 5.74) is 3.55. The molecule has 22 heavy (non-hydrogen) atoms. The van der Waals surface area contributed by atoms with Crippen molar-refractivity contribution in [2.75, 3.05) is 6.54 Å². The summed E-state index contributed by atoms with van der Waals surface area (Å²) in [7, 11) is 0. The van der Waals surface area contributed by atoms with Crippen LogP contribution in [0.5, 0.6) is 0 Å². The maximum Gasteiger partial charge on any atom is 0.126 e. The van der Waals surface area contributed by atoms with E-state index < -0.39 is 0 Å². The summed E-state index contributed by atoms with van der Waals surface area (Å²) in [6.07, 6.45) is 7.47. The standard InChI is InChI=1S/C11H18N2.C8H9F/c1-5-8-13-11(4)10(3)7-9-12-6-2;1-6-3-4-7(2)8(9)5-6/h5,7-9,12H,3,6H2,1-2,4H3;3-5H,1-2H3/b8-5-,9-7-,13-11?;. The van der Waals surface area contributed by atoms with Crippen LogP contribution in [0.25, 0.3) is 0 Å². The summed E-state index contributed by atoms with van der Waals surface area (Å²) < 4.78 is 12.6. The predicted octanol–water partition coefficient (Wildman–Crippen LogP) is 5.10. The van der Waals surface area contributed by atoms with Gasteiger partial charge >= 0.3 is 0 Å².